The molecule has 0 radical (unpaired) electrons. The number of benzene rings is 2. The van der Waals surface area contributed by atoms with Gasteiger partial charge in [0, 0.05) is 5.69 Å². The maximum absolute atomic E-state index is 11.8. The van der Waals surface area contributed by atoms with E-state index in [4.69, 9.17) is 14.7 Å². The lowest BCUT2D eigenvalue weighted by Crippen LogP contribution is -2.34. The molecule has 146 valence electrons. The van der Waals surface area contributed by atoms with Crippen LogP contribution in [0.4, 0.5) is 11.4 Å². The Bertz CT molecular complexity index is 905. The quantitative estimate of drug-likeness (QED) is 0.513. The van der Waals surface area contributed by atoms with Gasteiger partial charge in [0.15, 0.2) is 11.5 Å². The highest BCUT2D eigenvalue weighted by atomic mass is 16.6. The standard InChI is InChI=1S/C19H19N3O6/c1-3-27-16-9-14(15(22(25)26)10-17(16)28-4-2)18(19(23)24)21-13-7-5-12(11-20)6-8-13/h5-10,18,21H,3-4H2,1-2H3,(H,23,24)/p-1. The maximum Gasteiger partial charge on any atom is 0.279 e. The van der Waals surface area contributed by atoms with Gasteiger partial charge in [-0.2, -0.15) is 5.26 Å². The molecule has 28 heavy (non-hydrogen) atoms. The fourth-order valence-electron chi connectivity index (χ4n) is 2.56. The number of hydrogen-bond acceptors (Lipinski definition) is 8. The van der Waals surface area contributed by atoms with Gasteiger partial charge < -0.3 is 24.7 Å². The molecule has 0 bridgehead atoms. The van der Waals surface area contributed by atoms with Crippen molar-refractivity contribution in [3.63, 3.8) is 0 Å². The van der Waals surface area contributed by atoms with Crippen LogP contribution in [0.2, 0.25) is 0 Å². The van der Waals surface area contributed by atoms with Crippen LogP contribution in [0.5, 0.6) is 11.5 Å². The Morgan fingerprint density at radius 1 is 1.18 bits per heavy atom. The average Bonchev–Trinajstić information content (AvgIpc) is 2.67. The highest BCUT2D eigenvalue weighted by Crippen LogP contribution is 2.38. The van der Waals surface area contributed by atoms with Gasteiger partial charge in [0.2, 0.25) is 0 Å². The van der Waals surface area contributed by atoms with Crippen LogP contribution in [0.3, 0.4) is 0 Å². The number of carboxylic acids is 1. The summed E-state index contributed by atoms with van der Waals surface area (Å²) in [6.07, 6.45) is 0. The van der Waals surface area contributed by atoms with Crippen LogP contribution in [0, 0.1) is 21.4 Å². The molecule has 1 N–H and O–H groups in total. The van der Waals surface area contributed by atoms with E-state index in [1.807, 2.05) is 6.07 Å². The molecule has 9 nitrogen and oxygen atoms in total. The molecule has 0 amide bonds. The monoisotopic (exact) mass is 384 g/mol. The molecule has 0 aliphatic carbocycles. The Morgan fingerprint density at radius 2 is 1.75 bits per heavy atom. The molecule has 2 rings (SSSR count). The van der Waals surface area contributed by atoms with Crippen molar-refractivity contribution in [3.05, 3.63) is 57.6 Å². The summed E-state index contributed by atoms with van der Waals surface area (Å²) in [7, 11) is 0. The number of nitro groups is 1. The summed E-state index contributed by atoms with van der Waals surface area (Å²) < 4.78 is 10.8. The molecule has 1 unspecified atom stereocenters. The number of carboxylic acid groups (broad SMARTS) is 1. The average molecular weight is 384 g/mol. The molecule has 1 atom stereocenters. The topological polar surface area (TPSA) is 138 Å². The molecule has 0 fully saturated rings. The molecule has 0 spiro atoms. The number of nitro benzene ring substituents is 1. The van der Waals surface area contributed by atoms with Gasteiger partial charge in [-0.15, -0.1) is 0 Å². The van der Waals surface area contributed by atoms with Crippen molar-refractivity contribution >= 4 is 17.3 Å². The minimum absolute atomic E-state index is 0.138. The summed E-state index contributed by atoms with van der Waals surface area (Å²) in [6, 6.07) is 8.81. The first-order valence-electron chi connectivity index (χ1n) is 8.46. The number of carbonyl (C=O) groups excluding carboxylic acids is 1. The molecular weight excluding hydrogens is 366 g/mol. The molecule has 9 heteroatoms. The van der Waals surface area contributed by atoms with Crippen molar-refractivity contribution in [3.8, 4) is 17.6 Å². The summed E-state index contributed by atoms with van der Waals surface area (Å²) in [5, 5.41) is 34.8. The number of hydrogen-bond donors (Lipinski definition) is 1. The van der Waals surface area contributed by atoms with E-state index in [1.54, 1.807) is 13.8 Å². The number of aliphatic carboxylic acids is 1. The van der Waals surface area contributed by atoms with Gasteiger partial charge in [0.05, 0.1) is 53.4 Å². The Morgan fingerprint density at radius 3 is 2.21 bits per heavy atom. The third-order valence-corrected chi connectivity index (χ3v) is 3.76. The Hall–Kier alpha value is -3.80. The number of anilines is 1. The van der Waals surface area contributed by atoms with Crippen LogP contribution in [-0.4, -0.2) is 24.1 Å². The predicted octanol–water partition coefficient (Wildman–Crippen LogP) is 2.17. The van der Waals surface area contributed by atoms with E-state index in [9.17, 15) is 20.0 Å². The van der Waals surface area contributed by atoms with E-state index in [0.29, 0.717) is 11.3 Å². The van der Waals surface area contributed by atoms with Crippen molar-refractivity contribution in [2.75, 3.05) is 18.5 Å². The van der Waals surface area contributed by atoms with Crippen LogP contribution in [0.25, 0.3) is 0 Å². The second-order valence-electron chi connectivity index (χ2n) is 5.57. The van der Waals surface area contributed by atoms with E-state index >= 15 is 0 Å². The van der Waals surface area contributed by atoms with Crippen molar-refractivity contribution < 1.29 is 24.3 Å². The summed E-state index contributed by atoms with van der Waals surface area (Å²) in [4.78, 5) is 22.6. The van der Waals surface area contributed by atoms with Crippen molar-refractivity contribution in [2.45, 2.75) is 19.9 Å². The van der Waals surface area contributed by atoms with Gasteiger partial charge in [-0.05, 0) is 44.2 Å². The summed E-state index contributed by atoms with van der Waals surface area (Å²) in [5.41, 5.74) is 0.166. The van der Waals surface area contributed by atoms with Crippen LogP contribution < -0.4 is 19.9 Å². The molecule has 0 saturated heterocycles. The second-order valence-corrected chi connectivity index (χ2v) is 5.57. The van der Waals surface area contributed by atoms with Crippen LogP contribution >= 0.6 is 0 Å². The van der Waals surface area contributed by atoms with Gasteiger partial charge in [-0.1, -0.05) is 0 Å². The Labute approximate surface area is 161 Å². The van der Waals surface area contributed by atoms with Gasteiger partial charge >= 0.3 is 0 Å². The van der Waals surface area contributed by atoms with Gasteiger partial charge in [-0.3, -0.25) is 10.1 Å². The van der Waals surface area contributed by atoms with E-state index < -0.39 is 22.6 Å². The molecule has 2 aromatic carbocycles. The zero-order valence-electron chi connectivity index (χ0n) is 15.3. The van der Waals surface area contributed by atoms with Gasteiger partial charge in [-0.25, -0.2) is 0 Å². The minimum atomic E-state index is -1.56. The number of carbonyl (C=O) groups is 1. The second kappa shape index (κ2) is 9.23. The largest absolute Gasteiger partial charge is 0.548 e. The van der Waals surface area contributed by atoms with Crippen molar-refractivity contribution in [1.29, 1.82) is 5.26 Å². The summed E-state index contributed by atoms with van der Waals surface area (Å²) in [6.45, 7) is 3.95. The molecule has 0 aliphatic heterocycles. The zero-order chi connectivity index (χ0) is 20.7. The molecule has 0 saturated carbocycles. The minimum Gasteiger partial charge on any atom is -0.548 e. The molecule has 2 aromatic rings. The van der Waals surface area contributed by atoms with Crippen molar-refractivity contribution in [1.82, 2.24) is 0 Å². The van der Waals surface area contributed by atoms with Crippen LogP contribution in [0.15, 0.2) is 36.4 Å². The third-order valence-electron chi connectivity index (χ3n) is 3.76. The highest BCUT2D eigenvalue weighted by Gasteiger charge is 2.27. The fraction of sp³-hybridized carbons (Fsp3) is 0.263. The summed E-state index contributed by atoms with van der Waals surface area (Å²) in [5.74, 6) is -1.22. The predicted molar refractivity (Wildman–Crippen MR) is 98.0 cm³/mol. The lowest BCUT2D eigenvalue weighted by molar-refractivity contribution is -0.386. The number of ether oxygens (including phenoxy) is 2. The van der Waals surface area contributed by atoms with Gasteiger partial charge in [0.25, 0.3) is 5.69 Å². The van der Waals surface area contributed by atoms with Crippen molar-refractivity contribution in [2.24, 2.45) is 0 Å². The first-order valence-corrected chi connectivity index (χ1v) is 8.46. The smallest absolute Gasteiger partial charge is 0.279 e. The number of nitriles is 1. The first kappa shape index (κ1) is 20.5. The third kappa shape index (κ3) is 4.67. The Kier molecular flexibility index (Phi) is 6.76. The molecular formula is C19H18N3O6-. The van der Waals surface area contributed by atoms with Gasteiger partial charge in [0.1, 0.15) is 0 Å². The normalized spacial score (nSPS) is 11.2. The van der Waals surface area contributed by atoms with Crippen LogP contribution in [0.1, 0.15) is 31.0 Å². The van der Waals surface area contributed by atoms with E-state index in [0.717, 1.165) is 6.07 Å². The summed E-state index contributed by atoms with van der Waals surface area (Å²) >= 11 is 0. The molecule has 0 aromatic heterocycles. The zero-order valence-corrected chi connectivity index (χ0v) is 15.3. The van der Waals surface area contributed by atoms with E-state index in [2.05, 4.69) is 5.32 Å². The number of nitrogens with zero attached hydrogens (tertiary/aromatic N) is 2. The van der Waals surface area contributed by atoms with E-state index in [-0.39, 0.29) is 30.3 Å². The fourth-order valence-corrected chi connectivity index (χ4v) is 2.56. The maximum atomic E-state index is 11.8. The first-order chi connectivity index (χ1) is 13.4. The molecule has 0 heterocycles. The SMILES string of the molecule is CCOc1cc(C(Nc2ccc(C#N)cc2)C(=O)[O-])c([N+](=O)[O-])cc1OCC. The molecule has 0 aliphatic rings. The van der Waals surface area contributed by atoms with Crippen LogP contribution in [-0.2, 0) is 4.79 Å². The Balaban J connectivity index is 2.54. The lowest BCUT2D eigenvalue weighted by atomic mass is 10.0. The number of rotatable bonds is 9. The number of nitrogens with one attached hydrogen (secondary N) is 1. The highest BCUT2D eigenvalue weighted by molar-refractivity contribution is 5.80. The van der Waals surface area contributed by atoms with E-state index in [1.165, 1.54) is 30.3 Å². The lowest BCUT2D eigenvalue weighted by Gasteiger charge is -2.22.